The van der Waals surface area contributed by atoms with Crippen LogP contribution in [0, 0.1) is 0 Å². The Bertz CT molecular complexity index is 834. The van der Waals surface area contributed by atoms with Gasteiger partial charge in [-0.25, -0.2) is 4.98 Å². The van der Waals surface area contributed by atoms with E-state index in [-0.39, 0.29) is 5.78 Å². The molecular weight excluding hydrogens is 316 g/mol. The number of carbonyl (C=O) groups is 1. The second-order valence-electron chi connectivity index (χ2n) is 4.94. The average Bonchev–Trinajstić information content (AvgIpc) is 2.84. The molecule has 4 heteroatoms. The highest BCUT2D eigenvalue weighted by molar-refractivity contribution is 9.10. The van der Waals surface area contributed by atoms with Crippen LogP contribution in [0.15, 0.2) is 46.9 Å². The molecule has 0 spiro atoms. The third kappa shape index (κ3) is 1.64. The van der Waals surface area contributed by atoms with E-state index in [9.17, 15) is 4.79 Å². The summed E-state index contributed by atoms with van der Waals surface area (Å²) in [7, 11) is 0. The molecule has 0 radical (unpaired) electrons. The van der Waals surface area contributed by atoms with Crippen molar-refractivity contribution in [1.82, 2.24) is 9.55 Å². The fraction of sp³-hybridized carbons (Fsp3) is 0.125. The van der Waals surface area contributed by atoms with Crippen molar-refractivity contribution in [2.75, 3.05) is 0 Å². The monoisotopic (exact) mass is 326 g/mol. The van der Waals surface area contributed by atoms with Crippen molar-refractivity contribution in [3.05, 3.63) is 52.5 Å². The molecule has 0 fully saturated rings. The number of benzene rings is 2. The van der Waals surface area contributed by atoms with Gasteiger partial charge in [0, 0.05) is 28.6 Å². The van der Waals surface area contributed by atoms with Crippen molar-refractivity contribution in [3.8, 4) is 11.4 Å². The number of para-hydroxylation sites is 1. The zero-order chi connectivity index (χ0) is 13.7. The van der Waals surface area contributed by atoms with E-state index in [2.05, 4.69) is 20.5 Å². The van der Waals surface area contributed by atoms with Gasteiger partial charge < -0.3 is 4.57 Å². The Kier molecular flexibility index (Phi) is 2.54. The Morgan fingerprint density at radius 1 is 1.10 bits per heavy atom. The lowest BCUT2D eigenvalue weighted by molar-refractivity contribution is 0.0973. The van der Waals surface area contributed by atoms with Gasteiger partial charge in [-0.05, 0) is 24.3 Å². The van der Waals surface area contributed by atoms with Gasteiger partial charge in [0.1, 0.15) is 5.82 Å². The molecule has 1 aliphatic rings. The van der Waals surface area contributed by atoms with Gasteiger partial charge in [0.2, 0.25) is 0 Å². The molecular formula is C16H11BrN2O. The van der Waals surface area contributed by atoms with Crippen LogP contribution < -0.4 is 0 Å². The van der Waals surface area contributed by atoms with Crippen LogP contribution in [0.3, 0.4) is 0 Å². The second kappa shape index (κ2) is 4.28. The molecule has 0 bridgehead atoms. The Balaban J connectivity index is 2.03. The number of Topliss-reactive ketones (excluding diaryl/α,β-unsaturated/α-hetero) is 1. The molecule has 0 aliphatic carbocycles. The Morgan fingerprint density at radius 2 is 1.90 bits per heavy atom. The van der Waals surface area contributed by atoms with Crippen LogP contribution in [0.4, 0.5) is 0 Å². The lowest BCUT2D eigenvalue weighted by Crippen LogP contribution is -2.14. The van der Waals surface area contributed by atoms with Crippen molar-refractivity contribution in [2.24, 2.45) is 0 Å². The second-order valence-corrected chi connectivity index (χ2v) is 5.86. The van der Waals surface area contributed by atoms with Crippen LogP contribution in [0.25, 0.3) is 22.4 Å². The summed E-state index contributed by atoms with van der Waals surface area (Å²) in [5.41, 5.74) is 3.74. The topological polar surface area (TPSA) is 34.9 Å². The number of imidazole rings is 1. The predicted molar refractivity (Wildman–Crippen MR) is 81.8 cm³/mol. The van der Waals surface area contributed by atoms with Crippen LogP contribution in [-0.2, 0) is 6.54 Å². The molecule has 0 N–H and O–H groups in total. The largest absolute Gasteiger partial charge is 0.323 e. The molecule has 2 aromatic carbocycles. The summed E-state index contributed by atoms with van der Waals surface area (Å²) < 4.78 is 3.21. The highest BCUT2D eigenvalue weighted by Gasteiger charge is 2.23. The normalized spacial score (nSPS) is 13.9. The first kappa shape index (κ1) is 11.9. The van der Waals surface area contributed by atoms with Gasteiger partial charge in [-0.15, -0.1) is 0 Å². The van der Waals surface area contributed by atoms with Gasteiger partial charge in [0.05, 0.1) is 11.0 Å². The number of aromatic nitrogens is 2. The molecule has 0 atom stereocenters. The Labute approximate surface area is 124 Å². The van der Waals surface area contributed by atoms with Crippen molar-refractivity contribution in [1.29, 1.82) is 0 Å². The summed E-state index contributed by atoms with van der Waals surface area (Å²) >= 11 is 3.45. The van der Waals surface area contributed by atoms with E-state index >= 15 is 0 Å². The third-order valence-electron chi connectivity index (χ3n) is 3.73. The number of rotatable bonds is 1. The molecule has 0 saturated heterocycles. The van der Waals surface area contributed by atoms with Crippen molar-refractivity contribution < 1.29 is 4.79 Å². The number of halogens is 1. The fourth-order valence-electron chi connectivity index (χ4n) is 2.80. The molecule has 1 aromatic heterocycles. The highest BCUT2D eigenvalue weighted by Crippen LogP contribution is 2.31. The number of nitrogens with zero attached hydrogens (tertiary/aromatic N) is 2. The predicted octanol–water partition coefficient (Wildman–Crippen LogP) is 4.05. The first-order chi connectivity index (χ1) is 9.74. The fourth-order valence-corrected chi connectivity index (χ4v) is 3.06. The number of carbonyl (C=O) groups excluding carboxylic acids is 1. The number of aryl methyl sites for hydroxylation is 1. The zero-order valence-electron chi connectivity index (χ0n) is 10.6. The minimum Gasteiger partial charge on any atom is -0.323 e. The van der Waals surface area contributed by atoms with E-state index in [0.717, 1.165) is 32.5 Å². The summed E-state index contributed by atoms with van der Waals surface area (Å²) in [5.74, 6) is 1.15. The zero-order valence-corrected chi connectivity index (χ0v) is 12.2. The van der Waals surface area contributed by atoms with Gasteiger partial charge in [-0.2, -0.15) is 0 Å². The first-order valence-electron chi connectivity index (χ1n) is 6.52. The van der Waals surface area contributed by atoms with Gasteiger partial charge in [0.25, 0.3) is 0 Å². The molecule has 0 unspecified atom stereocenters. The Morgan fingerprint density at radius 3 is 2.70 bits per heavy atom. The van der Waals surface area contributed by atoms with E-state index in [1.54, 1.807) is 0 Å². The van der Waals surface area contributed by atoms with Crippen LogP contribution in [0.5, 0.6) is 0 Å². The molecule has 3 nitrogen and oxygen atoms in total. The smallest absolute Gasteiger partial charge is 0.166 e. The number of hydrogen-bond acceptors (Lipinski definition) is 2. The van der Waals surface area contributed by atoms with Crippen LogP contribution in [-0.4, -0.2) is 15.3 Å². The van der Waals surface area contributed by atoms with Crippen molar-refractivity contribution in [2.45, 2.75) is 13.0 Å². The molecule has 3 aromatic rings. The van der Waals surface area contributed by atoms with E-state index < -0.39 is 0 Å². The standard InChI is InChI=1S/C16H11BrN2O/c17-11-6-4-10(5-7-11)16-18-13-3-1-2-12-14(20)8-9-19(16)15(12)13/h1-7H,8-9H2. The van der Waals surface area contributed by atoms with E-state index in [1.165, 1.54) is 0 Å². The molecule has 2 heterocycles. The quantitative estimate of drug-likeness (QED) is 0.676. The minimum atomic E-state index is 0.213. The van der Waals surface area contributed by atoms with E-state index in [4.69, 9.17) is 4.98 Å². The maximum atomic E-state index is 12.0. The summed E-state index contributed by atoms with van der Waals surface area (Å²) in [4.78, 5) is 16.7. The first-order valence-corrected chi connectivity index (χ1v) is 7.32. The average molecular weight is 327 g/mol. The Hall–Kier alpha value is -1.94. The van der Waals surface area contributed by atoms with Crippen LogP contribution >= 0.6 is 15.9 Å². The lowest BCUT2D eigenvalue weighted by atomic mass is 10.0. The number of ketones is 1. The SMILES string of the molecule is O=C1CCn2c(-c3ccc(Br)cc3)nc3cccc1c32. The summed E-state index contributed by atoms with van der Waals surface area (Å²) in [6, 6.07) is 13.9. The number of hydrogen-bond donors (Lipinski definition) is 0. The van der Waals surface area contributed by atoms with E-state index in [1.807, 2.05) is 42.5 Å². The van der Waals surface area contributed by atoms with Gasteiger partial charge in [-0.1, -0.05) is 34.1 Å². The van der Waals surface area contributed by atoms with Crippen molar-refractivity contribution >= 4 is 32.7 Å². The molecule has 20 heavy (non-hydrogen) atoms. The third-order valence-corrected chi connectivity index (χ3v) is 4.26. The maximum absolute atomic E-state index is 12.0. The lowest BCUT2D eigenvalue weighted by Gasteiger charge is -2.15. The van der Waals surface area contributed by atoms with Crippen LogP contribution in [0.1, 0.15) is 16.8 Å². The van der Waals surface area contributed by atoms with Gasteiger partial charge >= 0.3 is 0 Å². The molecule has 98 valence electrons. The maximum Gasteiger partial charge on any atom is 0.166 e. The molecule has 0 saturated carbocycles. The molecule has 0 amide bonds. The van der Waals surface area contributed by atoms with Crippen molar-refractivity contribution in [3.63, 3.8) is 0 Å². The molecule has 1 aliphatic heterocycles. The summed E-state index contributed by atoms with van der Waals surface area (Å²) in [6.07, 6.45) is 0.548. The highest BCUT2D eigenvalue weighted by atomic mass is 79.9. The molecule has 4 rings (SSSR count). The van der Waals surface area contributed by atoms with Gasteiger partial charge in [-0.3, -0.25) is 4.79 Å². The van der Waals surface area contributed by atoms with Gasteiger partial charge in [0.15, 0.2) is 5.78 Å². The summed E-state index contributed by atoms with van der Waals surface area (Å²) in [5, 5.41) is 0. The van der Waals surface area contributed by atoms with Crippen LogP contribution in [0.2, 0.25) is 0 Å². The summed E-state index contributed by atoms with van der Waals surface area (Å²) in [6.45, 7) is 0.706. The minimum absolute atomic E-state index is 0.213. The van der Waals surface area contributed by atoms with E-state index in [0.29, 0.717) is 13.0 Å².